The van der Waals surface area contributed by atoms with E-state index >= 15 is 0 Å². The molecule has 0 spiro atoms. The predicted molar refractivity (Wildman–Crippen MR) is 152 cm³/mol. The fourth-order valence-electron chi connectivity index (χ4n) is 6.48. The highest BCUT2D eigenvalue weighted by Gasteiger charge is 2.38. The number of hydrogen-bond acceptors (Lipinski definition) is 8. The summed E-state index contributed by atoms with van der Waals surface area (Å²) in [5.74, 6) is 1.19. The van der Waals surface area contributed by atoms with Crippen LogP contribution in [0.3, 0.4) is 0 Å². The molecule has 1 aromatic heterocycles. The third-order valence-corrected chi connectivity index (χ3v) is 9.17. The maximum atomic E-state index is 12.9. The molecule has 1 amide bonds. The molecular formula is C30H39N5O4S. The Kier molecular flexibility index (Phi) is 7.55. The molecule has 10 heteroatoms. The number of anilines is 1. The molecule has 5 rings (SSSR count). The van der Waals surface area contributed by atoms with Gasteiger partial charge in [-0.2, -0.15) is 5.26 Å². The van der Waals surface area contributed by atoms with Crippen molar-refractivity contribution < 1.29 is 17.9 Å². The third-order valence-electron chi connectivity index (χ3n) is 8.33. The van der Waals surface area contributed by atoms with Gasteiger partial charge in [0.25, 0.3) is 0 Å². The van der Waals surface area contributed by atoms with Crippen LogP contribution >= 0.6 is 0 Å². The lowest BCUT2D eigenvalue weighted by Gasteiger charge is -2.42. The van der Waals surface area contributed by atoms with Crippen molar-refractivity contribution in [3.8, 4) is 6.07 Å². The summed E-state index contributed by atoms with van der Waals surface area (Å²) in [5.41, 5.74) is 5.38. The van der Waals surface area contributed by atoms with E-state index in [0.29, 0.717) is 37.8 Å². The van der Waals surface area contributed by atoms with Gasteiger partial charge in [0, 0.05) is 31.5 Å². The van der Waals surface area contributed by atoms with Crippen LogP contribution in [0.1, 0.15) is 74.4 Å². The van der Waals surface area contributed by atoms with Gasteiger partial charge in [-0.3, -0.25) is 0 Å². The number of nitriles is 1. The number of rotatable bonds is 4. The summed E-state index contributed by atoms with van der Waals surface area (Å²) in [6, 6.07) is 8.41. The molecular weight excluding hydrogens is 526 g/mol. The lowest BCUT2D eigenvalue weighted by molar-refractivity contribution is 0.0144. The van der Waals surface area contributed by atoms with Gasteiger partial charge < -0.3 is 14.5 Å². The molecule has 40 heavy (non-hydrogen) atoms. The molecule has 0 saturated carbocycles. The second-order valence-corrected chi connectivity index (χ2v) is 14.4. The fourth-order valence-corrected chi connectivity index (χ4v) is 7.00. The maximum absolute atomic E-state index is 12.9. The van der Waals surface area contributed by atoms with Gasteiger partial charge >= 0.3 is 6.09 Å². The minimum atomic E-state index is -3.66. The number of piperazine rings is 1. The Morgan fingerprint density at radius 3 is 2.62 bits per heavy atom. The molecule has 2 aromatic rings. The maximum Gasteiger partial charge on any atom is 0.410 e. The molecule has 1 saturated heterocycles. The number of carbonyl (C=O) groups is 1. The van der Waals surface area contributed by atoms with Gasteiger partial charge in [0.2, 0.25) is 15.0 Å². The molecule has 0 N–H and O–H groups in total. The number of benzene rings is 1. The van der Waals surface area contributed by atoms with Crippen LogP contribution in [0.25, 0.3) is 0 Å². The van der Waals surface area contributed by atoms with Gasteiger partial charge in [0.15, 0.2) is 0 Å². The zero-order valence-electron chi connectivity index (χ0n) is 24.1. The molecule has 1 aromatic carbocycles. The van der Waals surface area contributed by atoms with Crippen LogP contribution in [-0.4, -0.2) is 66.9 Å². The van der Waals surface area contributed by atoms with Gasteiger partial charge in [-0.05, 0) is 81.4 Å². The number of hydrogen-bond donors (Lipinski definition) is 0. The van der Waals surface area contributed by atoms with Crippen molar-refractivity contribution in [1.82, 2.24) is 14.9 Å². The highest BCUT2D eigenvalue weighted by atomic mass is 32.2. The van der Waals surface area contributed by atoms with Crippen LogP contribution in [0.5, 0.6) is 0 Å². The van der Waals surface area contributed by atoms with E-state index in [9.17, 15) is 18.5 Å². The van der Waals surface area contributed by atoms with Gasteiger partial charge in [-0.15, -0.1) is 0 Å². The normalized spacial score (nSPS) is 22.9. The van der Waals surface area contributed by atoms with Crippen LogP contribution in [0.4, 0.5) is 10.6 Å². The Balaban J connectivity index is 1.50. The van der Waals surface area contributed by atoms with E-state index < -0.39 is 27.6 Å². The molecule has 0 bridgehead atoms. The van der Waals surface area contributed by atoms with Crippen molar-refractivity contribution >= 4 is 21.7 Å². The molecule has 3 aliphatic rings. The average molecular weight is 566 g/mol. The summed E-state index contributed by atoms with van der Waals surface area (Å²) in [5, 5.41) is 9.37. The van der Waals surface area contributed by atoms with E-state index in [1.165, 1.54) is 23.1 Å². The van der Waals surface area contributed by atoms with Gasteiger partial charge in [0.1, 0.15) is 11.4 Å². The van der Waals surface area contributed by atoms with Gasteiger partial charge in [0.05, 0.1) is 24.2 Å². The zero-order chi connectivity index (χ0) is 28.8. The second-order valence-electron chi connectivity index (χ2n) is 12.5. The van der Waals surface area contributed by atoms with E-state index in [2.05, 4.69) is 41.2 Å². The van der Waals surface area contributed by atoms with Crippen LogP contribution in [0.15, 0.2) is 23.4 Å². The number of aryl methyl sites for hydroxylation is 1. The molecule has 1 fully saturated rings. The minimum absolute atomic E-state index is 0.138. The van der Waals surface area contributed by atoms with Crippen LogP contribution in [-0.2, 0) is 40.3 Å². The minimum Gasteiger partial charge on any atom is -0.444 e. The van der Waals surface area contributed by atoms with Crippen LogP contribution < -0.4 is 4.90 Å². The second kappa shape index (κ2) is 10.7. The number of ether oxygens (including phenoxy) is 1. The van der Waals surface area contributed by atoms with Crippen LogP contribution in [0, 0.1) is 17.2 Å². The molecule has 9 nitrogen and oxygen atoms in total. The Bertz CT molecular complexity index is 1460. The standard InChI is InChI=1S/C30H39N5O4S/c1-19-16-25-26(17-24(19)23-11-7-9-20-8-6-10-22(20)23)32-28(40(5,37)38)33-27(25)34-14-15-35(21(18-34)12-13-31)29(36)39-30(2,3)4/h7,9,11,19,21,24H,6,8,10,12,14-18H2,1-5H3. The van der Waals surface area contributed by atoms with E-state index in [0.717, 1.165) is 36.8 Å². The predicted octanol–water partition coefficient (Wildman–Crippen LogP) is 4.23. The Morgan fingerprint density at radius 1 is 1.15 bits per heavy atom. The fraction of sp³-hybridized carbons (Fsp3) is 0.600. The van der Waals surface area contributed by atoms with E-state index in [1.54, 1.807) is 4.90 Å². The number of amides is 1. The smallest absolute Gasteiger partial charge is 0.410 e. The first-order valence-electron chi connectivity index (χ1n) is 14.2. The highest BCUT2D eigenvalue weighted by Crippen LogP contribution is 2.42. The first-order valence-corrected chi connectivity index (χ1v) is 16.1. The van der Waals surface area contributed by atoms with Crippen molar-refractivity contribution in [1.29, 1.82) is 5.26 Å². The number of nitrogens with zero attached hydrogens (tertiary/aromatic N) is 5. The number of aromatic nitrogens is 2. The SMILES string of the molecule is CC1Cc2c(nc(S(C)(=O)=O)nc2N2CCN(C(=O)OC(C)(C)C)C(CC#N)C2)CC1c1cccc2c1CCC2. The molecule has 2 aliphatic carbocycles. The van der Waals surface area contributed by atoms with E-state index in [4.69, 9.17) is 4.74 Å². The molecule has 0 radical (unpaired) electrons. The lowest BCUT2D eigenvalue weighted by Crippen LogP contribution is -2.56. The first-order chi connectivity index (χ1) is 18.9. The van der Waals surface area contributed by atoms with Crippen molar-refractivity contribution in [2.45, 2.75) is 88.9 Å². The monoisotopic (exact) mass is 565 g/mol. The van der Waals surface area contributed by atoms with Crippen molar-refractivity contribution in [3.05, 3.63) is 46.1 Å². The molecule has 1 aliphatic heterocycles. The summed E-state index contributed by atoms with van der Waals surface area (Å²) >= 11 is 0. The molecule has 214 valence electrons. The lowest BCUT2D eigenvalue weighted by atomic mass is 9.73. The summed E-state index contributed by atoms with van der Waals surface area (Å²) in [7, 11) is -3.66. The third kappa shape index (κ3) is 5.67. The molecule has 3 unspecified atom stereocenters. The Morgan fingerprint density at radius 2 is 1.93 bits per heavy atom. The zero-order valence-corrected chi connectivity index (χ0v) is 24.9. The largest absolute Gasteiger partial charge is 0.444 e. The summed E-state index contributed by atoms with van der Waals surface area (Å²) in [6.07, 6.45) is 5.61. The number of carbonyl (C=O) groups excluding carboxylic acids is 1. The van der Waals surface area contributed by atoms with Gasteiger partial charge in [-0.25, -0.2) is 23.2 Å². The van der Waals surface area contributed by atoms with Gasteiger partial charge in [-0.1, -0.05) is 25.1 Å². The highest BCUT2D eigenvalue weighted by molar-refractivity contribution is 7.90. The topological polar surface area (TPSA) is 116 Å². The van der Waals surface area contributed by atoms with E-state index in [-0.39, 0.29) is 17.5 Å². The average Bonchev–Trinajstić information content (AvgIpc) is 3.35. The Labute approximate surface area is 237 Å². The van der Waals surface area contributed by atoms with E-state index in [1.807, 2.05) is 25.7 Å². The Hall–Kier alpha value is -3.19. The number of fused-ring (bicyclic) bond motifs is 2. The summed E-state index contributed by atoms with van der Waals surface area (Å²) in [6.45, 7) is 8.88. The summed E-state index contributed by atoms with van der Waals surface area (Å²) < 4.78 is 31.0. The first kappa shape index (κ1) is 28.3. The quantitative estimate of drug-likeness (QED) is 0.506. The van der Waals surface area contributed by atoms with Crippen molar-refractivity contribution in [3.63, 3.8) is 0 Å². The van der Waals surface area contributed by atoms with Crippen LogP contribution in [0.2, 0.25) is 0 Å². The van der Waals surface area contributed by atoms with Crippen molar-refractivity contribution in [2.24, 2.45) is 5.92 Å². The molecule has 3 atom stereocenters. The summed E-state index contributed by atoms with van der Waals surface area (Å²) in [4.78, 5) is 25.8. The number of sulfone groups is 1. The molecule has 2 heterocycles. The van der Waals surface area contributed by atoms with Crippen molar-refractivity contribution in [2.75, 3.05) is 30.8 Å².